The normalized spacial score (nSPS) is 13.9. The first-order chi connectivity index (χ1) is 14.1. The average molecular weight is 394 g/mol. The topological polar surface area (TPSA) is 59.8 Å². The summed E-state index contributed by atoms with van der Waals surface area (Å²) < 4.78 is 29.3. The number of nitrogens with zero attached hydrogens (tertiary/aromatic N) is 3. The summed E-state index contributed by atoms with van der Waals surface area (Å²) in [5.41, 5.74) is 1.44. The van der Waals surface area contributed by atoms with Crippen LogP contribution in [0.5, 0.6) is 0 Å². The smallest absolute Gasteiger partial charge is 0.248 e. The zero-order valence-electron chi connectivity index (χ0n) is 15.7. The summed E-state index contributed by atoms with van der Waals surface area (Å²) >= 11 is 0. The van der Waals surface area contributed by atoms with Gasteiger partial charge in [0.15, 0.2) is 5.82 Å². The van der Waals surface area contributed by atoms with Gasteiger partial charge in [-0.25, -0.2) is 8.78 Å². The summed E-state index contributed by atoms with van der Waals surface area (Å²) in [6, 6.07) is 10.2. The van der Waals surface area contributed by atoms with E-state index in [0.717, 1.165) is 38.1 Å². The van der Waals surface area contributed by atoms with Gasteiger partial charge in [0.05, 0.1) is 5.69 Å². The maximum Gasteiger partial charge on any atom is 0.248 e. The van der Waals surface area contributed by atoms with E-state index in [0.29, 0.717) is 17.0 Å². The molecule has 4 rings (SSSR count). The zero-order valence-corrected chi connectivity index (χ0v) is 15.7. The van der Waals surface area contributed by atoms with Gasteiger partial charge in [-0.05, 0) is 54.8 Å². The predicted molar refractivity (Wildman–Crippen MR) is 107 cm³/mol. The van der Waals surface area contributed by atoms with Crippen molar-refractivity contribution < 1.29 is 13.6 Å². The number of hydrogen-bond donors (Lipinski definition) is 1. The van der Waals surface area contributed by atoms with Crippen molar-refractivity contribution in [1.29, 1.82) is 0 Å². The van der Waals surface area contributed by atoms with Crippen LogP contribution in [0.4, 0.5) is 14.5 Å². The van der Waals surface area contributed by atoms with Gasteiger partial charge in [-0.3, -0.25) is 4.79 Å². The molecule has 0 fully saturated rings. The molecule has 0 radical (unpaired) electrons. The van der Waals surface area contributed by atoms with Crippen LogP contribution in [0.15, 0.2) is 48.5 Å². The molecule has 1 aromatic heterocycles. The molecule has 148 valence electrons. The molecule has 0 spiro atoms. The van der Waals surface area contributed by atoms with Crippen molar-refractivity contribution >= 4 is 17.7 Å². The lowest BCUT2D eigenvalue weighted by Gasteiger charge is -2.09. The Bertz CT molecular complexity index is 1060. The van der Waals surface area contributed by atoms with E-state index < -0.39 is 11.7 Å². The van der Waals surface area contributed by atoms with Crippen LogP contribution in [-0.4, -0.2) is 20.7 Å². The van der Waals surface area contributed by atoms with Crippen LogP contribution in [0.2, 0.25) is 0 Å². The Kier molecular flexibility index (Phi) is 5.46. The van der Waals surface area contributed by atoms with E-state index in [-0.39, 0.29) is 11.5 Å². The lowest BCUT2D eigenvalue weighted by molar-refractivity contribution is -0.111. The number of carbonyl (C=O) groups is 1. The highest BCUT2D eigenvalue weighted by molar-refractivity contribution is 6.02. The van der Waals surface area contributed by atoms with Crippen molar-refractivity contribution in [2.24, 2.45) is 0 Å². The van der Waals surface area contributed by atoms with Crippen LogP contribution in [0.1, 0.15) is 30.7 Å². The molecule has 0 saturated carbocycles. The van der Waals surface area contributed by atoms with Crippen LogP contribution < -0.4 is 5.32 Å². The van der Waals surface area contributed by atoms with Gasteiger partial charge in [-0.1, -0.05) is 18.6 Å². The van der Waals surface area contributed by atoms with Crippen molar-refractivity contribution in [1.82, 2.24) is 14.8 Å². The summed E-state index contributed by atoms with van der Waals surface area (Å²) in [4.78, 5) is 12.2. The number of anilines is 1. The molecule has 0 unspecified atom stereocenters. The first kappa shape index (κ1) is 19.0. The molecule has 1 N–H and O–H groups in total. The maximum absolute atomic E-state index is 14.3. The van der Waals surface area contributed by atoms with Gasteiger partial charge in [-0.15, -0.1) is 10.2 Å². The van der Waals surface area contributed by atoms with Gasteiger partial charge in [0, 0.05) is 24.6 Å². The van der Waals surface area contributed by atoms with Crippen molar-refractivity contribution in [3.63, 3.8) is 0 Å². The van der Waals surface area contributed by atoms with Gasteiger partial charge < -0.3 is 9.88 Å². The SMILES string of the molecule is O=C(/C=C/c1ccc(F)cc1)Nc1cc(-c2nnc3n2CCCCC3)ccc1F. The van der Waals surface area contributed by atoms with Crippen LogP contribution >= 0.6 is 0 Å². The minimum atomic E-state index is -0.534. The third-order valence-corrected chi connectivity index (χ3v) is 4.89. The highest BCUT2D eigenvalue weighted by Gasteiger charge is 2.17. The van der Waals surface area contributed by atoms with E-state index in [1.165, 1.54) is 30.4 Å². The number of halogens is 2. The maximum atomic E-state index is 14.3. The van der Waals surface area contributed by atoms with Gasteiger partial charge in [0.25, 0.3) is 0 Å². The van der Waals surface area contributed by atoms with Crippen LogP contribution in [0, 0.1) is 11.6 Å². The summed E-state index contributed by atoms with van der Waals surface area (Å²) in [6.45, 7) is 0.830. The number of aromatic nitrogens is 3. The molecule has 0 aliphatic carbocycles. The quantitative estimate of drug-likeness (QED) is 0.658. The molecular formula is C22H20F2N4O. The molecule has 5 nitrogen and oxygen atoms in total. The van der Waals surface area contributed by atoms with Gasteiger partial charge in [0.2, 0.25) is 5.91 Å². The summed E-state index contributed by atoms with van der Waals surface area (Å²) in [5, 5.41) is 11.1. The minimum absolute atomic E-state index is 0.0715. The molecule has 2 aromatic carbocycles. The molecule has 7 heteroatoms. The molecular weight excluding hydrogens is 374 g/mol. The predicted octanol–water partition coefficient (Wildman–Crippen LogP) is 4.60. The van der Waals surface area contributed by atoms with Crippen molar-refractivity contribution in [2.75, 3.05) is 5.32 Å². The van der Waals surface area contributed by atoms with E-state index in [1.807, 2.05) is 0 Å². The standard InChI is InChI=1S/C22H20F2N4O/c23-17-9-5-15(6-10-17)7-12-21(29)25-19-14-16(8-11-18(19)24)22-27-26-20-4-2-1-3-13-28(20)22/h5-12,14H,1-4,13H2,(H,25,29)/b12-7+. The van der Waals surface area contributed by atoms with Crippen LogP contribution in [-0.2, 0) is 17.8 Å². The van der Waals surface area contributed by atoms with Crippen LogP contribution in [0.3, 0.4) is 0 Å². The second kappa shape index (κ2) is 8.34. The number of benzene rings is 2. The lowest BCUT2D eigenvalue weighted by Crippen LogP contribution is -2.10. The second-order valence-electron chi connectivity index (χ2n) is 6.97. The average Bonchev–Trinajstić information content (AvgIpc) is 2.97. The van der Waals surface area contributed by atoms with Crippen molar-refractivity contribution in [3.05, 3.63) is 71.6 Å². The fourth-order valence-electron chi connectivity index (χ4n) is 3.38. The number of nitrogens with one attached hydrogen (secondary N) is 1. The number of amides is 1. The Morgan fingerprint density at radius 1 is 1.03 bits per heavy atom. The van der Waals surface area contributed by atoms with Gasteiger partial charge >= 0.3 is 0 Å². The molecule has 0 saturated heterocycles. The van der Waals surface area contributed by atoms with E-state index in [2.05, 4.69) is 20.1 Å². The van der Waals surface area contributed by atoms with Gasteiger partial charge in [0.1, 0.15) is 17.5 Å². The Labute approximate surface area is 167 Å². The number of carbonyl (C=O) groups excluding carboxylic acids is 1. The Morgan fingerprint density at radius 3 is 2.69 bits per heavy atom. The molecule has 0 atom stereocenters. The first-order valence-electron chi connectivity index (χ1n) is 9.57. The van der Waals surface area contributed by atoms with Gasteiger partial charge in [-0.2, -0.15) is 0 Å². The summed E-state index contributed by atoms with van der Waals surface area (Å²) in [7, 11) is 0. The number of fused-ring (bicyclic) bond motifs is 1. The second-order valence-corrected chi connectivity index (χ2v) is 6.97. The summed E-state index contributed by atoms with van der Waals surface area (Å²) in [5.74, 6) is 0.254. The number of rotatable bonds is 4. The lowest BCUT2D eigenvalue weighted by atomic mass is 10.1. The summed E-state index contributed by atoms with van der Waals surface area (Å²) in [6.07, 6.45) is 6.98. The monoisotopic (exact) mass is 394 g/mol. The Morgan fingerprint density at radius 2 is 1.86 bits per heavy atom. The third kappa shape index (κ3) is 4.39. The van der Waals surface area contributed by atoms with E-state index in [9.17, 15) is 13.6 Å². The Hall–Kier alpha value is -3.35. The fraction of sp³-hybridized carbons (Fsp3) is 0.227. The first-order valence-corrected chi connectivity index (χ1v) is 9.57. The molecule has 1 aliphatic heterocycles. The van der Waals surface area contributed by atoms with E-state index in [1.54, 1.807) is 24.3 Å². The molecule has 3 aromatic rings. The molecule has 2 heterocycles. The Balaban J connectivity index is 1.54. The molecule has 1 amide bonds. The highest BCUT2D eigenvalue weighted by Crippen LogP contribution is 2.26. The largest absolute Gasteiger partial charge is 0.320 e. The molecule has 1 aliphatic rings. The highest BCUT2D eigenvalue weighted by atomic mass is 19.1. The van der Waals surface area contributed by atoms with Crippen molar-refractivity contribution in [2.45, 2.75) is 32.2 Å². The van der Waals surface area contributed by atoms with E-state index in [4.69, 9.17) is 0 Å². The van der Waals surface area contributed by atoms with Crippen molar-refractivity contribution in [3.8, 4) is 11.4 Å². The van der Waals surface area contributed by atoms with Crippen LogP contribution in [0.25, 0.3) is 17.5 Å². The molecule has 0 bridgehead atoms. The zero-order chi connectivity index (χ0) is 20.2. The number of aryl methyl sites for hydroxylation is 1. The third-order valence-electron chi connectivity index (χ3n) is 4.89. The fourth-order valence-corrected chi connectivity index (χ4v) is 3.38. The molecule has 29 heavy (non-hydrogen) atoms. The van der Waals surface area contributed by atoms with E-state index >= 15 is 0 Å². The number of hydrogen-bond acceptors (Lipinski definition) is 3. The minimum Gasteiger partial charge on any atom is -0.320 e.